The highest BCUT2D eigenvalue weighted by Gasteiger charge is 2.20. The van der Waals surface area contributed by atoms with Gasteiger partial charge in [-0.1, -0.05) is 12.1 Å². The first kappa shape index (κ1) is 18.1. The fraction of sp³-hybridized carbons (Fsp3) is 0.474. The summed E-state index contributed by atoms with van der Waals surface area (Å²) in [5.74, 6) is 0.552. The van der Waals surface area contributed by atoms with Crippen molar-refractivity contribution in [3.05, 3.63) is 30.5 Å². The van der Waals surface area contributed by atoms with E-state index in [9.17, 15) is 9.59 Å². The number of benzene rings is 1. The minimum absolute atomic E-state index is 0.329. The van der Waals surface area contributed by atoms with Crippen molar-refractivity contribution in [1.29, 1.82) is 0 Å². The van der Waals surface area contributed by atoms with E-state index in [1.54, 1.807) is 0 Å². The topological polar surface area (TPSA) is 98.4 Å². The highest BCUT2D eigenvalue weighted by atomic mass is 16.5. The van der Waals surface area contributed by atoms with Gasteiger partial charge in [0.1, 0.15) is 5.82 Å². The first-order valence-electron chi connectivity index (χ1n) is 9.02. The maximum absolute atomic E-state index is 11.5. The number of hydrogen-bond donors (Lipinski definition) is 1. The molecule has 26 heavy (non-hydrogen) atoms. The summed E-state index contributed by atoms with van der Waals surface area (Å²) < 4.78 is 4.77. The molecule has 1 saturated heterocycles. The van der Waals surface area contributed by atoms with Crippen molar-refractivity contribution in [2.75, 3.05) is 24.6 Å². The maximum atomic E-state index is 11.5. The quantitative estimate of drug-likeness (QED) is 0.762. The van der Waals surface area contributed by atoms with Crippen molar-refractivity contribution < 1.29 is 14.3 Å². The van der Waals surface area contributed by atoms with Crippen molar-refractivity contribution in [2.45, 2.75) is 32.1 Å². The van der Waals surface area contributed by atoms with Gasteiger partial charge in [-0.3, -0.25) is 14.6 Å². The number of aromatic nitrogens is 2. The molecule has 0 spiro atoms. The first-order valence-corrected chi connectivity index (χ1v) is 9.02. The number of para-hydroxylation sites is 2. The number of carbonyl (C=O) groups is 2. The Kier molecular flexibility index (Phi) is 5.99. The minimum atomic E-state index is -0.623. The molecule has 138 valence electrons. The summed E-state index contributed by atoms with van der Waals surface area (Å²) in [5.41, 5.74) is 6.78. The van der Waals surface area contributed by atoms with Gasteiger partial charge >= 0.3 is 5.97 Å². The fourth-order valence-electron chi connectivity index (χ4n) is 3.31. The largest absolute Gasteiger partial charge is 0.456 e. The molecule has 2 aromatic rings. The number of hydrogen-bond acceptors (Lipinski definition) is 6. The van der Waals surface area contributed by atoms with E-state index in [0.29, 0.717) is 12.3 Å². The van der Waals surface area contributed by atoms with Crippen LogP contribution in [0.2, 0.25) is 0 Å². The van der Waals surface area contributed by atoms with Crippen LogP contribution in [0.25, 0.3) is 11.0 Å². The zero-order chi connectivity index (χ0) is 18.4. The standard InChI is InChI=1S/C19H24N4O3/c20-17(24)13-26-19(25)7-3-4-14-8-10-23(11-9-14)18-12-21-15-5-1-2-6-16(15)22-18/h1-2,5-6,12,14H,3-4,7-11,13H2,(H2,20,24). The smallest absolute Gasteiger partial charge is 0.306 e. The van der Waals surface area contributed by atoms with Crippen molar-refractivity contribution >= 4 is 28.7 Å². The number of fused-ring (bicyclic) bond motifs is 1. The average molecular weight is 356 g/mol. The molecule has 0 aliphatic carbocycles. The molecule has 1 amide bonds. The summed E-state index contributed by atoms with van der Waals surface area (Å²) in [4.78, 5) is 33.5. The predicted molar refractivity (Wildman–Crippen MR) is 98.5 cm³/mol. The molecule has 1 aromatic heterocycles. The van der Waals surface area contributed by atoms with E-state index < -0.39 is 5.91 Å². The van der Waals surface area contributed by atoms with E-state index >= 15 is 0 Å². The first-order chi connectivity index (χ1) is 12.6. The van der Waals surface area contributed by atoms with Gasteiger partial charge in [0.25, 0.3) is 5.91 Å². The van der Waals surface area contributed by atoms with Crippen LogP contribution in [-0.2, 0) is 14.3 Å². The Labute approximate surface area is 152 Å². The number of ether oxygens (including phenoxy) is 1. The minimum Gasteiger partial charge on any atom is -0.456 e. The summed E-state index contributed by atoms with van der Waals surface area (Å²) in [6, 6.07) is 7.88. The Bertz CT molecular complexity index is 772. The molecule has 2 N–H and O–H groups in total. The van der Waals surface area contributed by atoms with Crippen LogP contribution in [-0.4, -0.2) is 41.5 Å². The summed E-state index contributed by atoms with van der Waals surface area (Å²) in [7, 11) is 0. The highest BCUT2D eigenvalue weighted by molar-refractivity contribution is 5.79. The van der Waals surface area contributed by atoms with Crippen molar-refractivity contribution in [2.24, 2.45) is 11.7 Å². The lowest BCUT2D eigenvalue weighted by molar-refractivity contribution is -0.147. The van der Waals surface area contributed by atoms with Crippen LogP contribution in [0, 0.1) is 5.92 Å². The zero-order valence-corrected chi connectivity index (χ0v) is 14.8. The van der Waals surface area contributed by atoms with Crippen LogP contribution in [0.4, 0.5) is 5.82 Å². The molecule has 0 radical (unpaired) electrons. The second kappa shape index (κ2) is 8.60. The molecule has 7 heteroatoms. The summed E-state index contributed by atoms with van der Waals surface area (Å²) in [5, 5.41) is 0. The third-order valence-corrected chi connectivity index (χ3v) is 4.74. The van der Waals surface area contributed by atoms with Gasteiger partial charge in [-0.05, 0) is 43.7 Å². The fourth-order valence-corrected chi connectivity index (χ4v) is 3.31. The molecule has 1 aromatic carbocycles. The lowest BCUT2D eigenvalue weighted by Crippen LogP contribution is -2.34. The number of amides is 1. The van der Waals surface area contributed by atoms with Gasteiger partial charge in [0.15, 0.2) is 6.61 Å². The van der Waals surface area contributed by atoms with Crippen LogP contribution < -0.4 is 10.6 Å². The predicted octanol–water partition coefficient (Wildman–Crippen LogP) is 2.04. The molecule has 0 atom stereocenters. The molecule has 2 heterocycles. The van der Waals surface area contributed by atoms with Gasteiger partial charge in [0.2, 0.25) is 0 Å². The Morgan fingerprint density at radius 3 is 2.65 bits per heavy atom. The van der Waals surface area contributed by atoms with E-state index in [2.05, 4.69) is 9.88 Å². The number of nitrogens with two attached hydrogens (primary N) is 1. The summed E-state index contributed by atoms with van der Waals surface area (Å²) in [6.45, 7) is 1.57. The zero-order valence-electron chi connectivity index (χ0n) is 14.8. The van der Waals surface area contributed by atoms with Crippen LogP contribution >= 0.6 is 0 Å². The number of nitrogens with zero attached hydrogens (tertiary/aromatic N) is 3. The van der Waals surface area contributed by atoms with Gasteiger partial charge in [0, 0.05) is 19.5 Å². The van der Waals surface area contributed by atoms with Gasteiger partial charge in [0.05, 0.1) is 17.2 Å². The Balaban J connectivity index is 1.42. The van der Waals surface area contributed by atoms with Crippen molar-refractivity contribution in [1.82, 2.24) is 9.97 Å². The molecule has 3 rings (SSSR count). The second-order valence-corrected chi connectivity index (χ2v) is 6.67. The molecule has 1 fully saturated rings. The van der Waals surface area contributed by atoms with E-state index in [0.717, 1.165) is 55.6 Å². The molecular formula is C19H24N4O3. The maximum Gasteiger partial charge on any atom is 0.306 e. The van der Waals surface area contributed by atoms with Gasteiger partial charge in [-0.2, -0.15) is 0 Å². The SMILES string of the molecule is NC(=O)COC(=O)CCCC1CCN(c2cnc3ccccc3n2)CC1. The van der Waals surface area contributed by atoms with Gasteiger partial charge < -0.3 is 15.4 Å². The number of esters is 1. The third kappa shape index (κ3) is 4.91. The average Bonchev–Trinajstić information content (AvgIpc) is 2.66. The summed E-state index contributed by atoms with van der Waals surface area (Å²) in [6.07, 6.45) is 6.09. The molecule has 0 bridgehead atoms. The third-order valence-electron chi connectivity index (χ3n) is 4.74. The number of piperidine rings is 1. The van der Waals surface area contributed by atoms with E-state index in [-0.39, 0.29) is 12.6 Å². The number of anilines is 1. The second-order valence-electron chi connectivity index (χ2n) is 6.67. The van der Waals surface area contributed by atoms with Crippen molar-refractivity contribution in [3.63, 3.8) is 0 Å². The number of primary amides is 1. The van der Waals surface area contributed by atoms with E-state index in [1.165, 1.54) is 0 Å². The van der Waals surface area contributed by atoms with E-state index in [4.69, 9.17) is 15.5 Å². The molecule has 1 aliphatic heterocycles. The lowest BCUT2D eigenvalue weighted by atomic mass is 9.91. The Morgan fingerprint density at radius 2 is 1.92 bits per heavy atom. The van der Waals surface area contributed by atoms with Gasteiger partial charge in [-0.25, -0.2) is 4.98 Å². The van der Waals surface area contributed by atoms with E-state index in [1.807, 2.05) is 30.5 Å². The Hall–Kier alpha value is -2.70. The number of carbonyl (C=O) groups excluding carboxylic acids is 2. The van der Waals surface area contributed by atoms with Crippen molar-refractivity contribution in [3.8, 4) is 0 Å². The van der Waals surface area contributed by atoms with Gasteiger partial charge in [-0.15, -0.1) is 0 Å². The molecule has 1 aliphatic rings. The molecule has 0 saturated carbocycles. The lowest BCUT2D eigenvalue weighted by Gasteiger charge is -2.32. The van der Waals surface area contributed by atoms with Crippen LogP contribution in [0.1, 0.15) is 32.1 Å². The summed E-state index contributed by atoms with van der Waals surface area (Å²) >= 11 is 0. The molecule has 0 unspecified atom stereocenters. The monoisotopic (exact) mass is 356 g/mol. The molecular weight excluding hydrogens is 332 g/mol. The number of rotatable bonds is 7. The van der Waals surface area contributed by atoms with Crippen LogP contribution in [0.5, 0.6) is 0 Å². The van der Waals surface area contributed by atoms with Crippen LogP contribution in [0.3, 0.4) is 0 Å². The normalized spacial score (nSPS) is 15.2. The molecule has 7 nitrogen and oxygen atoms in total. The Morgan fingerprint density at radius 1 is 1.19 bits per heavy atom. The van der Waals surface area contributed by atoms with Crippen LogP contribution in [0.15, 0.2) is 30.5 Å². The highest BCUT2D eigenvalue weighted by Crippen LogP contribution is 2.26.